The first-order chi connectivity index (χ1) is 13.2. The minimum atomic E-state index is -2.63. The number of carbonyl (C=O) groups is 1. The van der Waals surface area contributed by atoms with Crippen molar-refractivity contribution in [2.75, 3.05) is 33.0 Å². The summed E-state index contributed by atoms with van der Waals surface area (Å²) in [4.78, 5) is 12.0. The van der Waals surface area contributed by atoms with Gasteiger partial charge in [-0.15, -0.1) is 11.8 Å². The molecule has 2 rings (SSSR count). The lowest BCUT2D eigenvalue weighted by atomic mass is 10.1. The molecule has 1 saturated carbocycles. The number of hydrogen-bond donors (Lipinski definition) is 1. The van der Waals surface area contributed by atoms with Crippen molar-refractivity contribution in [3.8, 4) is 11.8 Å². The molecule has 2 unspecified atom stereocenters. The Hall–Kier alpha value is -1.07. The van der Waals surface area contributed by atoms with E-state index in [9.17, 15) is 4.79 Å². The maximum absolute atomic E-state index is 12.0. The first-order valence-electron chi connectivity index (χ1n) is 10.4. The van der Waals surface area contributed by atoms with E-state index in [4.69, 9.17) is 18.0 Å². The largest absolute Gasteiger partial charge is 0.500 e. The maximum atomic E-state index is 12.0. The summed E-state index contributed by atoms with van der Waals surface area (Å²) in [6.45, 7) is 8.59. The van der Waals surface area contributed by atoms with E-state index in [0.717, 1.165) is 32.1 Å². The Balaban J connectivity index is 1.62. The Morgan fingerprint density at radius 1 is 1.00 bits per heavy atom. The normalized spacial score (nSPS) is 24.0. The van der Waals surface area contributed by atoms with E-state index in [1.54, 1.807) is 0 Å². The van der Waals surface area contributed by atoms with Crippen LogP contribution in [0.15, 0.2) is 0 Å². The van der Waals surface area contributed by atoms with E-state index in [1.807, 2.05) is 20.8 Å². The van der Waals surface area contributed by atoms with Gasteiger partial charge in [-0.25, -0.2) is 4.79 Å². The van der Waals surface area contributed by atoms with Crippen molar-refractivity contribution in [3.05, 3.63) is 0 Å². The number of carbonyl (C=O) groups excluding carboxylic acids is 1. The average molecular weight is 398 g/mol. The molecule has 154 valence electrons. The minimum absolute atomic E-state index is 0.331. The molecular formula is C20H35NO5Si. The van der Waals surface area contributed by atoms with Crippen LogP contribution in [0.1, 0.15) is 52.9 Å². The average Bonchev–Trinajstić information content (AvgIpc) is 3.27. The second-order valence-electron chi connectivity index (χ2n) is 7.03. The third-order valence-electron chi connectivity index (χ3n) is 5.27. The van der Waals surface area contributed by atoms with E-state index in [2.05, 4.69) is 17.2 Å². The van der Waals surface area contributed by atoms with E-state index in [1.165, 1.54) is 0 Å². The number of alkyl carbamates (subject to hydrolysis) is 1. The summed E-state index contributed by atoms with van der Waals surface area (Å²) in [7, 11) is -2.63. The van der Waals surface area contributed by atoms with E-state index >= 15 is 0 Å². The highest BCUT2D eigenvalue weighted by Crippen LogP contribution is 2.52. The van der Waals surface area contributed by atoms with Gasteiger partial charge in [0.1, 0.15) is 0 Å². The second kappa shape index (κ2) is 11.7. The smallest absolute Gasteiger partial charge is 0.449 e. The van der Waals surface area contributed by atoms with Crippen LogP contribution in [-0.2, 0) is 18.0 Å². The third kappa shape index (κ3) is 7.11. The summed E-state index contributed by atoms with van der Waals surface area (Å²) in [5.41, 5.74) is 0. The zero-order valence-corrected chi connectivity index (χ0v) is 18.1. The SMILES string of the molecule is CCO[Si](CCCNC(=O)OCC1C2CCC#CCCC21)(OCC)OCC. The molecular weight excluding hydrogens is 362 g/mol. The number of fused-ring (bicyclic) bond motifs is 1. The highest BCUT2D eigenvalue weighted by molar-refractivity contribution is 6.60. The van der Waals surface area contributed by atoms with E-state index < -0.39 is 8.80 Å². The lowest BCUT2D eigenvalue weighted by molar-refractivity contribution is 0.0706. The fourth-order valence-corrected chi connectivity index (χ4v) is 6.61. The molecule has 0 aromatic rings. The molecule has 2 aliphatic carbocycles. The summed E-state index contributed by atoms with van der Waals surface area (Å²) in [5, 5.41) is 2.84. The Morgan fingerprint density at radius 2 is 1.56 bits per heavy atom. The van der Waals surface area contributed by atoms with Crippen LogP contribution < -0.4 is 5.32 Å². The Labute approximate surface area is 165 Å². The standard InChI is InChI=1S/C20H35NO5Si/c1-4-24-27(25-5-2,26-6-3)15-11-14-21-20(22)23-16-19-17-12-9-7-8-10-13-18(17)19/h17-19H,4-6,9-16H2,1-3H3,(H,21,22). The lowest BCUT2D eigenvalue weighted by Gasteiger charge is -2.28. The molecule has 0 aromatic carbocycles. The Morgan fingerprint density at radius 3 is 2.07 bits per heavy atom. The summed E-state index contributed by atoms with van der Waals surface area (Å²) >= 11 is 0. The molecule has 0 aliphatic heterocycles. The summed E-state index contributed by atoms with van der Waals surface area (Å²) < 4.78 is 22.9. The molecule has 1 fully saturated rings. The van der Waals surface area contributed by atoms with Gasteiger partial charge in [-0.05, 0) is 57.8 Å². The molecule has 0 bridgehead atoms. The van der Waals surface area contributed by atoms with Crippen LogP contribution in [-0.4, -0.2) is 47.9 Å². The van der Waals surface area contributed by atoms with Crippen molar-refractivity contribution in [1.29, 1.82) is 0 Å². The molecule has 6 nitrogen and oxygen atoms in total. The molecule has 0 heterocycles. The number of ether oxygens (including phenoxy) is 1. The van der Waals surface area contributed by atoms with Gasteiger partial charge in [0.2, 0.25) is 0 Å². The fourth-order valence-electron chi connectivity index (χ4n) is 4.00. The first kappa shape index (κ1) is 22.2. The van der Waals surface area contributed by atoms with Crippen molar-refractivity contribution in [3.63, 3.8) is 0 Å². The van der Waals surface area contributed by atoms with Gasteiger partial charge in [-0.1, -0.05) is 0 Å². The number of nitrogens with one attached hydrogen (secondary N) is 1. The van der Waals surface area contributed by atoms with E-state index in [-0.39, 0.29) is 6.09 Å². The van der Waals surface area contributed by atoms with Crippen molar-refractivity contribution in [2.45, 2.75) is 58.9 Å². The zero-order valence-electron chi connectivity index (χ0n) is 17.1. The van der Waals surface area contributed by atoms with Crippen molar-refractivity contribution in [2.24, 2.45) is 17.8 Å². The van der Waals surface area contributed by atoms with Gasteiger partial charge in [-0.3, -0.25) is 0 Å². The van der Waals surface area contributed by atoms with Crippen LogP contribution in [0.4, 0.5) is 4.79 Å². The highest BCUT2D eigenvalue weighted by Gasteiger charge is 2.49. The lowest BCUT2D eigenvalue weighted by Crippen LogP contribution is -2.46. The van der Waals surface area contributed by atoms with Gasteiger partial charge in [-0.2, -0.15) is 0 Å². The van der Waals surface area contributed by atoms with Crippen LogP contribution in [0, 0.1) is 29.6 Å². The molecule has 0 saturated heterocycles. The quantitative estimate of drug-likeness (QED) is 0.310. The summed E-state index contributed by atoms with van der Waals surface area (Å²) in [6.07, 6.45) is 4.66. The molecule has 2 aliphatic rings. The fraction of sp³-hybridized carbons (Fsp3) is 0.850. The molecule has 7 heteroatoms. The Bertz CT molecular complexity index is 483. The first-order valence-corrected chi connectivity index (χ1v) is 12.4. The Kier molecular flexibility index (Phi) is 9.63. The molecule has 1 amide bonds. The van der Waals surface area contributed by atoms with Gasteiger partial charge < -0.3 is 23.3 Å². The molecule has 0 aromatic heterocycles. The summed E-state index contributed by atoms with van der Waals surface area (Å²) in [5.74, 6) is 8.32. The van der Waals surface area contributed by atoms with Crippen LogP contribution in [0.2, 0.25) is 6.04 Å². The monoisotopic (exact) mass is 397 g/mol. The second-order valence-corrected chi connectivity index (χ2v) is 9.77. The summed E-state index contributed by atoms with van der Waals surface area (Å²) in [6, 6.07) is 0.690. The minimum Gasteiger partial charge on any atom is -0.449 e. The molecule has 2 atom stereocenters. The van der Waals surface area contributed by atoms with Crippen LogP contribution in [0.25, 0.3) is 0 Å². The van der Waals surface area contributed by atoms with Gasteiger partial charge in [0.15, 0.2) is 0 Å². The molecule has 27 heavy (non-hydrogen) atoms. The molecule has 0 spiro atoms. The predicted molar refractivity (Wildman–Crippen MR) is 106 cm³/mol. The number of hydrogen-bond acceptors (Lipinski definition) is 5. The van der Waals surface area contributed by atoms with Gasteiger partial charge in [0.25, 0.3) is 0 Å². The van der Waals surface area contributed by atoms with Crippen molar-refractivity contribution >= 4 is 14.9 Å². The highest BCUT2D eigenvalue weighted by atomic mass is 28.4. The predicted octanol–water partition coefficient (Wildman–Crippen LogP) is 3.59. The van der Waals surface area contributed by atoms with Crippen molar-refractivity contribution in [1.82, 2.24) is 5.32 Å². The molecule has 0 radical (unpaired) electrons. The van der Waals surface area contributed by atoms with Gasteiger partial charge in [0, 0.05) is 45.3 Å². The zero-order chi connectivity index (χ0) is 19.5. The number of amides is 1. The van der Waals surface area contributed by atoms with Crippen LogP contribution >= 0.6 is 0 Å². The maximum Gasteiger partial charge on any atom is 0.500 e. The van der Waals surface area contributed by atoms with Crippen LogP contribution in [0.5, 0.6) is 0 Å². The van der Waals surface area contributed by atoms with Crippen molar-refractivity contribution < 1.29 is 22.8 Å². The van der Waals surface area contributed by atoms with Gasteiger partial charge in [0.05, 0.1) is 6.61 Å². The van der Waals surface area contributed by atoms with E-state index in [0.29, 0.717) is 56.8 Å². The van der Waals surface area contributed by atoms with Gasteiger partial charge >= 0.3 is 14.9 Å². The third-order valence-corrected chi connectivity index (χ3v) is 8.42. The van der Waals surface area contributed by atoms with Crippen LogP contribution in [0.3, 0.4) is 0 Å². The topological polar surface area (TPSA) is 66.0 Å². The number of rotatable bonds is 12. The molecule has 1 N–H and O–H groups in total.